The molecule has 0 radical (unpaired) electrons. The van der Waals surface area contributed by atoms with Gasteiger partial charge in [0.2, 0.25) is 0 Å². The fourth-order valence-corrected chi connectivity index (χ4v) is 4.25. The van der Waals surface area contributed by atoms with E-state index in [1.54, 1.807) is 0 Å². The van der Waals surface area contributed by atoms with E-state index in [1.807, 2.05) is 20.8 Å². The minimum absolute atomic E-state index is 0.125. The molecule has 1 aliphatic carbocycles. The zero-order chi connectivity index (χ0) is 19.2. The van der Waals surface area contributed by atoms with Gasteiger partial charge in [0.05, 0.1) is 13.1 Å². The van der Waals surface area contributed by atoms with Crippen LogP contribution in [0.1, 0.15) is 59.8 Å². The number of amides is 2. The highest BCUT2D eigenvalue weighted by Crippen LogP contribution is 2.23. The van der Waals surface area contributed by atoms with E-state index in [0.29, 0.717) is 25.0 Å². The van der Waals surface area contributed by atoms with Crippen molar-refractivity contribution in [2.45, 2.75) is 71.4 Å². The van der Waals surface area contributed by atoms with Gasteiger partial charge in [-0.2, -0.15) is 0 Å². The number of carbonyl (C=O) groups excluding carboxylic acids is 2. The SMILES string of the molecule is C[C@H]1CCCC[C@H]1NC(=O)C[NH+]1CCC[NH+](CC(=O)NC(C)(C)C)CC1. The smallest absolute Gasteiger partial charge is 0.275 e. The molecule has 2 fully saturated rings. The standard InChI is InChI=1S/C20H38N4O2/c1-16-8-5-6-9-17(16)21-18(25)14-23-10-7-11-24(13-12-23)15-19(26)22-20(2,3)4/h16-17H,5-15H2,1-4H3,(H,21,25)(H,22,26)/p+2/t16-,17+/m0/s1. The molecule has 0 aromatic heterocycles. The van der Waals surface area contributed by atoms with E-state index >= 15 is 0 Å². The Morgan fingerprint density at radius 1 is 0.885 bits per heavy atom. The van der Waals surface area contributed by atoms with Crippen molar-refractivity contribution in [2.75, 3.05) is 39.3 Å². The summed E-state index contributed by atoms with van der Waals surface area (Å²) in [7, 11) is 0. The summed E-state index contributed by atoms with van der Waals surface area (Å²) in [5.41, 5.74) is -0.173. The van der Waals surface area contributed by atoms with Crippen molar-refractivity contribution in [3.63, 3.8) is 0 Å². The summed E-state index contributed by atoms with van der Waals surface area (Å²) >= 11 is 0. The van der Waals surface area contributed by atoms with Crippen LogP contribution in [0.2, 0.25) is 0 Å². The molecule has 1 saturated carbocycles. The first-order chi connectivity index (χ1) is 12.2. The maximum absolute atomic E-state index is 12.5. The summed E-state index contributed by atoms with van der Waals surface area (Å²) in [5, 5.41) is 6.32. The van der Waals surface area contributed by atoms with Crippen LogP contribution in [0.5, 0.6) is 0 Å². The molecule has 0 aromatic carbocycles. The number of quaternary nitrogens is 2. The molecule has 0 spiro atoms. The molecule has 6 nitrogen and oxygen atoms in total. The number of rotatable bonds is 5. The zero-order valence-corrected chi connectivity index (χ0v) is 17.2. The van der Waals surface area contributed by atoms with Gasteiger partial charge in [0.15, 0.2) is 13.1 Å². The molecule has 2 amide bonds. The van der Waals surface area contributed by atoms with E-state index in [-0.39, 0.29) is 17.4 Å². The largest absolute Gasteiger partial charge is 0.348 e. The summed E-state index contributed by atoms with van der Waals surface area (Å²) in [6.45, 7) is 13.4. The van der Waals surface area contributed by atoms with Crippen LogP contribution in [0.3, 0.4) is 0 Å². The number of hydrogen-bond acceptors (Lipinski definition) is 2. The van der Waals surface area contributed by atoms with Crippen LogP contribution in [0.4, 0.5) is 0 Å². The highest BCUT2D eigenvalue weighted by atomic mass is 16.2. The Morgan fingerprint density at radius 2 is 1.46 bits per heavy atom. The Labute approximate surface area is 159 Å². The Hall–Kier alpha value is -1.14. The third-order valence-electron chi connectivity index (χ3n) is 5.69. The molecule has 6 heteroatoms. The Bertz CT molecular complexity index is 475. The molecule has 4 atom stereocenters. The Kier molecular flexibility index (Phi) is 7.89. The Balaban J connectivity index is 1.72. The van der Waals surface area contributed by atoms with Crippen LogP contribution in [-0.4, -0.2) is 62.7 Å². The summed E-state index contributed by atoms with van der Waals surface area (Å²) < 4.78 is 0. The van der Waals surface area contributed by atoms with Crippen LogP contribution in [-0.2, 0) is 9.59 Å². The number of nitrogens with one attached hydrogen (secondary N) is 4. The molecule has 150 valence electrons. The van der Waals surface area contributed by atoms with Gasteiger partial charge >= 0.3 is 0 Å². The maximum atomic E-state index is 12.5. The van der Waals surface area contributed by atoms with Gasteiger partial charge in [0.1, 0.15) is 13.1 Å². The maximum Gasteiger partial charge on any atom is 0.275 e. The van der Waals surface area contributed by atoms with Gasteiger partial charge in [0.25, 0.3) is 11.8 Å². The van der Waals surface area contributed by atoms with E-state index in [2.05, 4.69) is 17.6 Å². The molecule has 1 aliphatic heterocycles. The van der Waals surface area contributed by atoms with Crippen molar-refractivity contribution in [1.82, 2.24) is 10.6 Å². The lowest BCUT2D eigenvalue weighted by atomic mass is 9.86. The fourth-order valence-electron chi connectivity index (χ4n) is 4.25. The van der Waals surface area contributed by atoms with Crippen molar-refractivity contribution in [3.05, 3.63) is 0 Å². The average molecular weight is 369 g/mol. The minimum Gasteiger partial charge on any atom is -0.348 e. The lowest BCUT2D eigenvalue weighted by molar-refractivity contribution is -0.930. The van der Waals surface area contributed by atoms with E-state index < -0.39 is 0 Å². The number of carbonyl (C=O) groups is 2. The fraction of sp³-hybridized carbons (Fsp3) is 0.900. The predicted octanol–water partition coefficient (Wildman–Crippen LogP) is -1.23. The van der Waals surface area contributed by atoms with Crippen molar-refractivity contribution in [3.8, 4) is 0 Å². The molecular formula is C20H40N4O2+2. The van der Waals surface area contributed by atoms with E-state index in [9.17, 15) is 9.59 Å². The number of hydrogen-bond donors (Lipinski definition) is 4. The van der Waals surface area contributed by atoms with Crippen molar-refractivity contribution in [2.24, 2.45) is 5.92 Å². The molecule has 4 N–H and O–H groups in total. The van der Waals surface area contributed by atoms with E-state index in [4.69, 9.17) is 0 Å². The van der Waals surface area contributed by atoms with E-state index in [0.717, 1.165) is 39.0 Å². The molecule has 1 heterocycles. The highest BCUT2D eigenvalue weighted by molar-refractivity contribution is 5.77. The average Bonchev–Trinajstić information content (AvgIpc) is 2.73. The predicted molar refractivity (Wildman–Crippen MR) is 103 cm³/mol. The first-order valence-corrected chi connectivity index (χ1v) is 10.5. The van der Waals surface area contributed by atoms with Gasteiger partial charge in [-0.1, -0.05) is 19.8 Å². The van der Waals surface area contributed by atoms with Crippen LogP contribution in [0, 0.1) is 5.92 Å². The molecule has 0 aromatic rings. The second kappa shape index (κ2) is 9.70. The molecule has 2 aliphatic rings. The molecule has 1 saturated heterocycles. The van der Waals surface area contributed by atoms with Gasteiger partial charge in [-0.05, 0) is 39.5 Å². The summed E-state index contributed by atoms with van der Waals surface area (Å²) in [4.78, 5) is 27.3. The van der Waals surface area contributed by atoms with Crippen LogP contribution in [0.25, 0.3) is 0 Å². The van der Waals surface area contributed by atoms with Gasteiger partial charge in [-0.3, -0.25) is 9.59 Å². The van der Waals surface area contributed by atoms with Crippen molar-refractivity contribution < 1.29 is 19.4 Å². The third-order valence-corrected chi connectivity index (χ3v) is 5.69. The third kappa shape index (κ3) is 7.62. The van der Waals surface area contributed by atoms with Crippen LogP contribution < -0.4 is 20.4 Å². The summed E-state index contributed by atoms with van der Waals surface area (Å²) in [5.74, 6) is 0.931. The summed E-state index contributed by atoms with van der Waals surface area (Å²) in [6, 6.07) is 0.367. The normalized spacial score (nSPS) is 30.3. The van der Waals surface area contributed by atoms with Gasteiger partial charge < -0.3 is 20.4 Å². The molecular weight excluding hydrogens is 328 g/mol. The lowest BCUT2D eigenvalue weighted by Gasteiger charge is -2.29. The van der Waals surface area contributed by atoms with Crippen molar-refractivity contribution >= 4 is 11.8 Å². The van der Waals surface area contributed by atoms with Gasteiger partial charge in [-0.15, -0.1) is 0 Å². The van der Waals surface area contributed by atoms with Crippen LogP contribution in [0.15, 0.2) is 0 Å². The summed E-state index contributed by atoms with van der Waals surface area (Å²) in [6.07, 6.45) is 5.97. The first-order valence-electron chi connectivity index (χ1n) is 10.5. The lowest BCUT2D eigenvalue weighted by Crippen LogP contribution is -3.18. The van der Waals surface area contributed by atoms with Gasteiger partial charge in [0, 0.05) is 18.0 Å². The zero-order valence-electron chi connectivity index (χ0n) is 17.2. The first kappa shape index (κ1) is 21.2. The Morgan fingerprint density at radius 3 is 2.04 bits per heavy atom. The molecule has 2 unspecified atom stereocenters. The minimum atomic E-state index is -0.173. The quantitative estimate of drug-likeness (QED) is 0.491. The van der Waals surface area contributed by atoms with Crippen molar-refractivity contribution in [1.29, 1.82) is 0 Å². The van der Waals surface area contributed by atoms with E-state index in [1.165, 1.54) is 29.1 Å². The molecule has 0 bridgehead atoms. The molecule has 26 heavy (non-hydrogen) atoms. The second-order valence-electron chi connectivity index (χ2n) is 9.44. The molecule has 2 rings (SSSR count). The second-order valence-corrected chi connectivity index (χ2v) is 9.44. The highest BCUT2D eigenvalue weighted by Gasteiger charge is 2.27. The van der Waals surface area contributed by atoms with Crippen LogP contribution >= 0.6 is 0 Å². The van der Waals surface area contributed by atoms with Gasteiger partial charge in [-0.25, -0.2) is 0 Å². The monoisotopic (exact) mass is 368 g/mol. The topological polar surface area (TPSA) is 67.1 Å².